The van der Waals surface area contributed by atoms with Crippen LogP contribution in [0.3, 0.4) is 0 Å². The molecule has 0 radical (unpaired) electrons. The molecule has 0 aliphatic carbocycles. The molecule has 1 aromatic heterocycles. The van der Waals surface area contributed by atoms with Crippen molar-refractivity contribution >= 4 is 34.8 Å². The summed E-state index contributed by atoms with van der Waals surface area (Å²) in [5.74, 6) is 0.575. The van der Waals surface area contributed by atoms with E-state index in [1.807, 2.05) is 67.6 Å². The molecule has 8 heteroatoms. The smallest absolute Gasteiger partial charge is 0.266 e. The summed E-state index contributed by atoms with van der Waals surface area (Å²) in [6, 6.07) is 22.4. The molecule has 3 aromatic carbocycles. The van der Waals surface area contributed by atoms with Crippen molar-refractivity contribution in [1.29, 1.82) is 0 Å². The maximum absolute atomic E-state index is 13.4. The Labute approximate surface area is 220 Å². The lowest BCUT2D eigenvalue weighted by Crippen LogP contribution is -2.24. The Morgan fingerprint density at radius 1 is 1.05 bits per heavy atom. The van der Waals surface area contributed by atoms with Crippen molar-refractivity contribution in [3.63, 3.8) is 0 Å². The molecular formula is C29H30N4O3S. The van der Waals surface area contributed by atoms with Crippen molar-refractivity contribution in [2.24, 2.45) is 5.10 Å². The fraction of sp³-hybridized carbons (Fsp3) is 0.241. The molecule has 0 aliphatic heterocycles. The maximum Gasteiger partial charge on any atom is 0.266 e. The zero-order valence-corrected chi connectivity index (χ0v) is 21.8. The second-order valence-electron chi connectivity index (χ2n) is 8.55. The molecule has 0 atom stereocenters. The predicted molar refractivity (Wildman–Crippen MR) is 150 cm³/mol. The van der Waals surface area contributed by atoms with E-state index in [1.165, 1.54) is 11.8 Å². The summed E-state index contributed by atoms with van der Waals surface area (Å²) in [6.45, 7) is 4.81. The van der Waals surface area contributed by atoms with Crippen molar-refractivity contribution < 1.29 is 9.53 Å². The molecular weight excluding hydrogens is 484 g/mol. The third kappa shape index (κ3) is 6.86. The van der Waals surface area contributed by atoms with Gasteiger partial charge in [-0.3, -0.25) is 14.2 Å². The summed E-state index contributed by atoms with van der Waals surface area (Å²) in [4.78, 5) is 30.6. The number of ether oxygens (including phenoxy) is 1. The highest BCUT2D eigenvalue weighted by Gasteiger charge is 2.15. The monoisotopic (exact) mass is 514 g/mol. The minimum absolute atomic E-state index is 0.0541. The van der Waals surface area contributed by atoms with Crippen LogP contribution in [-0.4, -0.2) is 34.0 Å². The number of amides is 1. The van der Waals surface area contributed by atoms with Gasteiger partial charge in [-0.2, -0.15) is 5.10 Å². The third-order valence-corrected chi connectivity index (χ3v) is 6.67. The molecule has 0 bridgehead atoms. The number of carbonyl (C=O) groups is 1. The van der Waals surface area contributed by atoms with E-state index in [0.717, 1.165) is 41.8 Å². The van der Waals surface area contributed by atoms with E-state index in [1.54, 1.807) is 22.9 Å². The average molecular weight is 515 g/mol. The molecule has 0 spiro atoms. The van der Waals surface area contributed by atoms with Crippen LogP contribution in [0.5, 0.6) is 5.75 Å². The van der Waals surface area contributed by atoms with Crippen LogP contribution in [-0.2, 0) is 4.79 Å². The molecule has 0 unspecified atom stereocenters. The van der Waals surface area contributed by atoms with Crippen molar-refractivity contribution in [3.05, 3.63) is 94.3 Å². The zero-order chi connectivity index (χ0) is 26.0. The second kappa shape index (κ2) is 12.9. The molecule has 0 saturated carbocycles. The van der Waals surface area contributed by atoms with Crippen molar-refractivity contribution in [2.45, 2.75) is 38.3 Å². The van der Waals surface area contributed by atoms with E-state index in [4.69, 9.17) is 4.74 Å². The number of thioether (sulfide) groups is 1. The minimum atomic E-state index is -0.295. The van der Waals surface area contributed by atoms with Crippen molar-refractivity contribution in [3.8, 4) is 11.4 Å². The van der Waals surface area contributed by atoms with Gasteiger partial charge < -0.3 is 4.74 Å². The van der Waals surface area contributed by atoms with Gasteiger partial charge in [0, 0.05) is 0 Å². The van der Waals surface area contributed by atoms with Gasteiger partial charge in [0.15, 0.2) is 5.16 Å². The minimum Gasteiger partial charge on any atom is -0.494 e. The maximum atomic E-state index is 13.4. The average Bonchev–Trinajstić information content (AvgIpc) is 2.91. The molecule has 0 aliphatic rings. The highest BCUT2D eigenvalue weighted by Crippen LogP contribution is 2.23. The van der Waals surface area contributed by atoms with Gasteiger partial charge in [0.25, 0.3) is 11.5 Å². The number of nitrogens with zero attached hydrogens (tertiary/aromatic N) is 3. The molecule has 1 N–H and O–H groups in total. The quantitative estimate of drug-likeness (QED) is 0.0938. The van der Waals surface area contributed by atoms with Gasteiger partial charge in [-0.15, -0.1) is 0 Å². The van der Waals surface area contributed by atoms with E-state index in [9.17, 15) is 9.59 Å². The second-order valence-corrected chi connectivity index (χ2v) is 9.49. The summed E-state index contributed by atoms with van der Waals surface area (Å²) in [6.07, 6.45) is 4.94. The predicted octanol–water partition coefficient (Wildman–Crippen LogP) is 5.51. The Hall–Kier alpha value is -3.91. The van der Waals surface area contributed by atoms with Crippen LogP contribution in [0.1, 0.15) is 37.3 Å². The number of hydrazone groups is 1. The van der Waals surface area contributed by atoms with Crippen LogP contribution in [0, 0.1) is 6.92 Å². The standard InChI is InChI=1S/C29H30N4O3S/c1-3-4-9-18-36-23-16-14-22(15-17-23)19-30-32-27(34)20-37-29-31-25-12-7-6-11-24(25)28(35)33(29)26-13-8-5-10-21(26)2/h5-8,10-17,19H,3-4,9,18,20H2,1-2H3,(H,32,34)/b30-19+. The number of nitrogens with one attached hydrogen (secondary N) is 1. The summed E-state index contributed by atoms with van der Waals surface area (Å²) in [7, 11) is 0. The topological polar surface area (TPSA) is 85.6 Å². The first-order valence-electron chi connectivity index (χ1n) is 12.3. The van der Waals surface area contributed by atoms with Crippen LogP contribution in [0.25, 0.3) is 16.6 Å². The molecule has 37 heavy (non-hydrogen) atoms. The first-order valence-corrected chi connectivity index (χ1v) is 13.3. The molecule has 4 aromatic rings. The molecule has 190 valence electrons. The van der Waals surface area contributed by atoms with Crippen LogP contribution >= 0.6 is 11.8 Å². The molecule has 1 heterocycles. The lowest BCUT2D eigenvalue weighted by Gasteiger charge is -2.14. The Kier molecular flexibility index (Phi) is 9.10. The number of aryl methyl sites for hydroxylation is 1. The Bertz CT molecular complexity index is 1450. The number of fused-ring (bicyclic) bond motifs is 1. The van der Waals surface area contributed by atoms with Gasteiger partial charge >= 0.3 is 0 Å². The number of benzene rings is 3. The Balaban J connectivity index is 1.42. The lowest BCUT2D eigenvalue weighted by atomic mass is 10.2. The van der Waals surface area contributed by atoms with Crippen LogP contribution < -0.4 is 15.7 Å². The number of carbonyl (C=O) groups excluding carboxylic acids is 1. The number of hydrogen-bond acceptors (Lipinski definition) is 6. The first-order chi connectivity index (χ1) is 18.1. The van der Waals surface area contributed by atoms with Crippen molar-refractivity contribution in [2.75, 3.05) is 12.4 Å². The van der Waals surface area contributed by atoms with Gasteiger partial charge in [-0.1, -0.05) is 61.9 Å². The molecule has 0 fully saturated rings. The zero-order valence-electron chi connectivity index (χ0n) is 21.0. The van der Waals surface area contributed by atoms with E-state index >= 15 is 0 Å². The van der Waals surface area contributed by atoms with Gasteiger partial charge in [0.05, 0.1) is 35.2 Å². The largest absolute Gasteiger partial charge is 0.494 e. The fourth-order valence-electron chi connectivity index (χ4n) is 3.77. The molecule has 7 nitrogen and oxygen atoms in total. The normalized spacial score (nSPS) is 11.2. The highest BCUT2D eigenvalue weighted by atomic mass is 32.2. The summed E-state index contributed by atoms with van der Waals surface area (Å²) in [5.41, 5.74) is 5.50. The molecule has 1 amide bonds. The van der Waals surface area contributed by atoms with Gasteiger partial charge in [0.1, 0.15) is 5.75 Å². The number of aromatic nitrogens is 2. The van der Waals surface area contributed by atoms with Crippen molar-refractivity contribution in [1.82, 2.24) is 15.0 Å². The van der Waals surface area contributed by atoms with E-state index < -0.39 is 0 Å². The van der Waals surface area contributed by atoms with Gasteiger partial charge in [0.2, 0.25) is 0 Å². The van der Waals surface area contributed by atoms with Crippen LogP contribution in [0.4, 0.5) is 0 Å². The number of hydrogen-bond donors (Lipinski definition) is 1. The lowest BCUT2D eigenvalue weighted by molar-refractivity contribution is -0.118. The van der Waals surface area contributed by atoms with Gasteiger partial charge in [-0.25, -0.2) is 10.4 Å². The SMILES string of the molecule is CCCCCOc1ccc(/C=N/NC(=O)CSc2nc3ccccc3c(=O)n2-c2ccccc2C)cc1. The summed E-state index contributed by atoms with van der Waals surface area (Å²) >= 11 is 1.20. The first kappa shape index (κ1) is 26.2. The number of rotatable bonds is 11. The molecule has 4 rings (SSSR count). The third-order valence-electron chi connectivity index (χ3n) is 5.73. The van der Waals surface area contributed by atoms with Crippen LogP contribution in [0.15, 0.2) is 87.8 Å². The molecule has 0 saturated heterocycles. The Morgan fingerprint density at radius 2 is 1.81 bits per heavy atom. The number of para-hydroxylation sites is 2. The summed E-state index contributed by atoms with van der Waals surface area (Å²) in [5, 5.41) is 5.04. The van der Waals surface area contributed by atoms with E-state index in [2.05, 4.69) is 22.4 Å². The number of unbranched alkanes of at least 4 members (excludes halogenated alkanes) is 2. The van der Waals surface area contributed by atoms with Gasteiger partial charge in [-0.05, 0) is 66.9 Å². The Morgan fingerprint density at radius 3 is 2.59 bits per heavy atom. The highest BCUT2D eigenvalue weighted by molar-refractivity contribution is 7.99. The fourth-order valence-corrected chi connectivity index (χ4v) is 4.57. The van der Waals surface area contributed by atoms with E-state index in [0.29, 0.717) is 22.7 Å². The summed E-state index contributed by atoms with van der Waals surface area (Å²) < 4.78 is 7.29. The van der Waals surface area contributed by atoms with Crippen LogP contribution in [0.2, 0.25) is 0 Å². The van der Waals surface area contributed by atoms with E-state index in [-0.39, 0.29) is 17.2 Å².